The molecule has 10 heteroatoms. The van der Waals surface area contributed by atoms with Gasteiger partial charge in [-0.15, -0.1) is 0 Å². The summed E-state index contributed by atoms with van der Waals surface area (Å²) in [5.41, 5.74) is 7.03. The highest BCUT2D eigenvalue weighted by atomic mass is 16.5. The molecule has 0 fully saturated rings. The molecule has 10 nitrogen and oxygen atoms in total. The maximum absolute atomic E-state index is 13.2. The maximum Gasteiger partial charge on any atom is 0.223 e. The van der Waals surface area contributed by atoms with Crippen molar-refractivity contribution in [3.8, 4) is 28.1 Å². The van der Waals surface area contributed by atoms with Gasteiger partial charge in [-0.2, -0.15) is 0 Å². The lowest BCUT2D eigenvalue weighted by Crippen LogP contribution is -2.44. The first kappa shape index (κ1) is 36.1. The van der Waals surface area contributed by atoms with Crippen molar-refractivity contribution < 1.29 is 19.1 Å². The molecule has 2 aromatic heterocycles. The van der Waals surface area contributed by atoms with Crippen LogP contribution in [0, 0.1) is 5.92 Å². The number of hydrogen-bond acceptors (Lipinski definition) is 6. The molecule has 2 N–H and O–H groups in total. The Hall–Kier alpha value is -4.70. The van der Waals surface area contributed by atoms with Crippen LogP contribution in [0.2, 0.25) is 0 Å². The average Bonchev–Trinajstić information content (AvgIpc) is 3.78. The Kier molecular flexibility index (Phi) is 11.1. The number of nitrogens with one attached hydrogen (secondary N) is 2. The van der Waals surface area contributed by atoms with Crippen LogP contribution in [0.1, 0.15) is 96.9 Å². The van der Waals surface area contributed by atoms with Crippen LogP contribution in [0.5, 0.6) is 5.75 Å². The van der Waals surface area contributed by atoms with Crippen LogP contribution >= 0.6 is 0 Å². The number of aromatic nitrogens is 4. The normalized spacial score (nSPS) is 13.6. The van der Waals surface area contributed by atoms with E-state index in [2.05, 4.69) is 67.1 Å². The number of H-pyrrole nitrogens is 2. The van der Waals surface area contributed by atoms with Crippen molar-refractivity contribution in [1.82, 2.24) is 29.7 Å². The van der Waals surface area contributed by atoms with Crippen LogP contribution in [0.15, 0.2) is 48.7 Å². The van der Waals surface area contributed by atoms with Gasteiger partial charge in [-0.3, -0.25) is 9.59 Å². The quantitative estimate of drug-likeness (QED) is 0.114. The minimum Gasteiger partial charge on any atom is -0.488 e. The van der Waals surface area contributed by atoms with Gasteiger partial charge < -0.3 is 29.2 Å². The summed E-state index contributed by atoms with van der Waals surface area (Å²) < 4.78 is 11.9. The van der Waals surface area contributed by atoms with Crippen LogP contribution in [0.3, 0.4) is 0 Å². The van der Waals surface area contributed by atoms with Crippen molar-refractivity contribution in [2.75, 3.05) is 20.3 Å². The van der Waals surface area contributed by atoms with Crippen LogP contribution in [0.25, 0.3) is 44.2 Å². The van der Waals surface area contributed by atoms with Gasteiger partial charge in [0.15, 0.2) is 0 Å². The summed E-state index contributed by atoms with van der Waals surface area (Å²) in [6.07, 6.45) is 5.30. The highest BCUT2D eigenvalue weighted by molar-refractivity contribution is 6.07. The lowest BCUT2D eigenvalue weighted by atomic mass is 9.92. The van der Waals surface area contributed by atoms with Crippen molar-refractivity contribution in [3.05, 3.63) is 65.9 Å². The second kappa shape index (κ2) is 15.7. The molecule has 51 heavy (non-hydrogen) atoms. The number of imidazole rings is 2. The molecule has 0 radical (unpaired) electrons. The Bertz CT molecular complexity index is 2010. The molecule has 2 amide bonds. The fraction of sp³-hybridized carbons (Fsp3) is 0.463. The third-order valence-electron chi connectivity index (χ3n) is 9.84. The Morgan fingerprint density at radius 1 is 0.961 bits per heavy atom. The number of hydrogen-bond donors (Lipinski definition) is 2. The molecule has 0 saturated heterocycles. The van der Waals surface area contributed by atoms with Gasteiger partial charge in [0, 0.05) is 37.4 Å². The van der Waals surface area contributed by atoms with Gasteiger partial charge in [0.05, 0.1) is 48.2 Å². The number of benzene rings is 3. The van der Waals surface area contributed by atoms with Gasteiger partial charge in [-0.1, -0.05) is 52.8 Å². The number of amides is 2. The molecule has 270 valence electrons. The molecule has 0 spiro atoms. The summed E-state index contributed by atoms with van der Waals surface area (Å²) in [5.74, 6) is 3.03. The molecular formula is C41H52N6O4. The largest absolute Gasteiger partial charge is 0.488 e. The van der Waals surface area contributed by atoms with Crippen molar-refractivity contribution in [1.29, 1.82) is 0 Å². The number of ether oxygens (including phenoxy) is 2. The molecule has 1 aliphatic heterocycles. The van der Waals surface area contributed by atoms with Gasteiger partial charge in [0.2, 0.25) is 11.8 Å². The molecule has 0 bridgehead atoms. The fourth-order valence-electron chi connectivity index (χ4n) is 7.33. The van der Waals surface area contributed by atoms with Crippen molar-refractivity contribution in [3.63, 3.8) is 0 Å². The zero-order valence-corrected chi connectivity index (χ0v) is 31.1. The first-order valence-corrected chi connectivity index (χ1v) is 18.5. The van der Waals surface area contributed by atoms with E-state index in [4.69, 9.17) is 19.4 Å². The molecule has 0 saturated carbocycles. The van der Waals surface area contributed by atoms with Crippen LogP contribution in [-0.2, 0) is 27.5 Å². The summed E-state index contributed by atoms with van der Waals surface area (Å²) >= 11 is 0. The molecule has 5 aromatic rings. The minimum atomic E-state index is -0.223. The van der Waals surface area contributed by atoms with Gasteiger partial charge in [-0.05, 0) is 78.4 Å². The molecule has 3 aromatic carbocycles. The van der Waals surface area contributed by atoms with Crippen LogP contribution in [0.4, 0.5) is 0 Å². The Balaban J connectivity index is 1.27. The topological polar surface area (TPSA) is 116 Å². The lowest BCUT2D eigenvalue weighted by molar-refractivity contribution is -0.138. The maximum atomic E-state index is 13.2. The molecule has 6 rings (SSSR count). The first-order chi connectivity index (χ1) is 24.6. The Labute approximate surface area is 300 Å². The molecule has 1 aliphatic rings. The van der Waals surface area contributed by atoms with Crippen LogP contribution in [-0.4, -0.2) is 67.9 Å². The van der Waals surface area contributed by atoms with Gasteiger partial charge in [0.1, 0.15) is 24.0 Å². The minimum absolute atomic E-state index is 0.0256. The first-order valence-electron chi connectivity index (χ1n) is 18.5. The second-order valence-corrected chi connectivity index (χ2v) is 14.2. The third kappa shape index (κ3) is 7.52. The molecule has 0 unspecified atom stereocenters. The smallest absolute Gasteiger partial charge is 0.223 e. The van der Waals surface area contributed by atoms with E-state index in [1.807, 2.05) is 42.8 Å². The van der Waals surface area contributed by atoms with Crippen molar-refractivity contribution >= 4 is 33.6 Å². The summed E-state index contributed by atoms with van der Waals surface area (Å²) in [5, 5.41) is 2.13. The van der Waals surface area contributed by atoms with E-state index in [0.29, 0.717) is 45.1 Å². The number of nitrogens with zero attached hydrogens (tertiary/aromatic N) is 4. The van der Waals surface area contributed by atoms with Gasteiger partial charge in [0.25, 0.3) is 0 Å². The van der Waals surface area contributed by atoms with E-state index in [1.165, 1.54) is 0 Å². The van der Waals surface area contributed by atoms with E-state index in [9.17, 15) is 9.59 Å². The van der Waals surface area contributed by atoms with E-state index >= 15 is 0 Å². The number of carbonyl (C=O) groups excluding carboxylic acids is 2. The van der Waals surface area contributed by atoms with Crippen molar-refractivity contribution in [2.45, 2.75) is 98.9 Å². The number of carbonyl (C=O) groups is 2. The zero-order valence-electron chi connectivity index (χ0n) is 31.1. The van der Waals surface area contributed by atoms with Crippen LogP contribution < -0.4 is 4.74 Å². The second-order valence-electron chi connectivity index (χ2n) is 14.2. The highest BCUT2D eigenvalue weighted by Crippen LogP contribution is 2.42. The lowest BCUT2D eigenvalue weighted by Gasteiger charge is -2.35. The summed E-state index contributed by atoms with van der Waals surface area (Å²) in [6.45, 7) is 14.5. The highest BCUT2D eigenvalue weighted by Gasteiger charge is 2.30. The van der Waals surface area contributed by atoms with E-state index < -0.39 is 0 Å². The van der Waals surface area contributed by atoms with Crippen molar-refractivity contribution in [2.24, 2.45) is 5.92 Å². The standard InChI is InChI=1S/C41H52N6O4/c1-8-11-38(48)46(21-25(4)5)22-37-43-34-16-14-27-18-33-31-15-13-28(17-29(31)23-51-36(33)19-32(27)40(34)45-37)35-20-42-41(44-35)26(6)47(39(49)12-9-2)30(10-3)24-50-7/h13-20,25-26,30H,8-12,21-24H2,1-7H3,(H,42,44)(H,43,45)/t26-,30+/m0/s1. The number of aromatic amines is 2. The van der Waals surface area contributed by atoms with Gasteiger partial charge >= 0.3 is 0 Å². The average molecular weight is 693 g/mol. The number of fused-ring (bicyclic) bond motifs is 6. The van der Waals surface area contributed by atoms with E-state index in [1.54, 1.807) is 7.11 Å². The number of rotatable bonds is 15. The predicted molar refractivity (Wildman–Crippen MR) is 202 cm³/mol. The SMILES string of the molecule is CCCC(=O)N(Cc1nc2ccc3cc4c(cc3c2[nH]1)OCc1cc(-c2cnc([C@H](C)N(C(=O)CCC)[C@H](CC)COC)[nH]2)ccc1-4)CC(C)C. The Morgan fingerprint density at radius 3 is 2.47 bits per heavy atom. The molecule has 0 aliphatic carbocycles. The van der Waals surface area contributed by atoms with E-state index in [-0.39, 0.29) is 23.9 Å². The Morgan fingerprint density at radius 2 is 1.75 bits per heavy atom. The summed E-state index contributed by atoms with van der Waals surface area (Å²) in [7, 11) is 1.68. The van der Waals surface area contributed by atoms with E-state index in [0.717, 1.165) is 86.4 Å². The fourth-order valence-corrected chi connectivity index (χ4v) is 7.33. The predicted octanol–water partition coefficient (Wildman–Crippen LogP) is 8.57. The molecule has 2 atom stereocenters. The molecular weight excluding hydrogens is 640 g/mol. The monoisotopic (exact) mass is 692 g/mol. The molecule has 3 heterocycles. The number of methoxy groups -OCH3 is 1. The summed E-state index contributed by atoms with van der Waals surface area (Å²) in [6, 6.07) is 14.7. The summed E-state index contributed by atoms with van der Waals surface area (Å²) in [4.78, 5) is 46.6. The zero-order chi connectivity index (χ0) is 36.2. The van der Waals surface area contributed by atoms with Gasteiger partial charge in [-0.25, -0.2) is 9.97 Å². The third-order valence-corrected chi connectivity index (χ3v) is 9.84.